The van der Waals surface area contributed by atoms with Gasteiger partial charge in [0.1, 0.15) is 36.1 Å². The van der Waals surface area contributed by atoms with Crippen LogP contribution in [0.2, 0.25) is 0 Å². The number of nitrogens with one attached hydrogen (secondary N) is 2. The summed E-state index contributed by atoms with van der Waals surface area (Å²) in [5.41, 5.74) is 4.23. The maximum atomic E-state index is 13.4. The number of amides is 2. The normalized spacial score (nSPS) is 13.8. The van der Waals surface area contributed by atoms with Crippen LogP contribution >= 0.6 is 0 Å². The summed E-state index contributed by atoms with van der Waals surface area (Å²) in [4.78, 5) is 51.0. The van der Waals surface area contributed by atoms with Crippen molar-refractivity contribution >= 4 is 23.6 Å². The van der Waals surface area contributed by atoms with Gasteiger partial charge in [-0.25, -0.2) is 14.8 Å². The van der Waals surface area contributed by atoms with E-state index in [9.17, 15) is 14.4 Å². The van der Waals surface area contributed by atoms with E-state index in [0.29, 0.717) is 24.0 Å². The molecule has 0 saturated carbocycles. The Morgan fingerprint density at radius 2 is 2.08 bits per heavy atom. The van der Waals surface area contributed by atoms with E-state index in [2.05, 4.69) is 37.3 Å². The van der Waals surface area contributed by atoms with Gasteiger partial charge in [-0.3, -0.25) is 9.59 Å². The molecule has 3 aromatic heterocycles. The summed E-state index contributed by atoms with van der Waals surface area (Å²) in [7, 11) is 0. The van der Waals surface area contributed by atoms with E-state index < -0.39 is 17.8 Å². The lowest BCUT2D eigenvalue weighted by atomic mass is 9.98. The fourth-order valence-electron chi connectivity index (χ4n) is 4.70. The number of hydrogen-bond acceptors (Lipinski definition) is 9. The molecule has 0 aliphatic heterocycles. The van der Waals surface area contributed by atoms with Crippen LogP contribution in [-0.4, -0.2) is 49.0 Å². The maximum absolute atomic E-state index is 13.4. The first-order valence-corrected chi connectivity index (χ1v) is 12.4. The first kappa shape index (κ1) is 26.2. The molecule has 12 nitrogen and oxygen atoms in total. The second-order valence-electron chi connectivity index (χ2n) is 9.10. The van der Waals surface area contributed by atoms with Crippen LogP contribution in [0.25, 0.3) is 5.78 Å². The highest BCUT2D eigenvalue weighted by molar-refractivity contribution is 5.98. The van der Waals surface area contributed by atoms with E-state index in [0.717, 1.165) is 16.7 Å². The highest BCUT2D eigenvalue weighted by atomic mass is 16.5. The number of esters is 1. The molecule has 0 bridgehead atoms. The van der Waals surface area contributed by atoms with Gasteiger partial charge in [0.05, 0.1) is 11.6 Å². The summed E-state index contributed by atoms with van der Waals surface area (Å²) < 4.78 is 6.46. The number of pyridine rings is 1. The van der Waals surface area contributed by atoms with E-state index >= 15 is 0 Å². The molecule has 3 heterocycles. The molecule has 2 amide bonds. The van der Waals surface area contributed by atoms with Crippen molar-refractivity contribution in [3.8, 4) is 6.07 Å². The van der Waals surface area contributed by atoms with Crippen molar-refractivity contribution < 1.29 is 19.1 Å². The summed E-state index contributed by atoms with van der Waals surface area (Å²) in [6.45, 7) is 5.69. The number of nitriles is 1. The summed E-state index contributed by atoms with van der Waals surface area (Å²) in [5, 5.41) is 18.9. The van der Waals surface area contributed by atoms with Crippen LogP contribution < -0.4 is 10.6 Å². The van der Waals surface area contributed by atoms with Gasteiger partial charge in [0.25, 0.3) is 17.6 Å². The summed E-state index contributed by atoms with van der Waals surface area (Å²) >= 11 is 0. The Kier molecular flexibility index (Phi) is 7.28. The molecule has 0 unspecified atom stereocenters. The Morgan fingerprint density at radius 1 is 1.23 bits per heavy atom. The molecule has 0 saturated heterocycles. The highest BCUT2D eigenvalue weighted by Gasteiger charge is 2.29. The quantitative estimate of drug-likeness (QED) is 0.254. The van der Waals surface area contributed by atoms with Crippen LogP contribution in [0, 0.1) is 18.3 Å². The number of aromatic nitrogens is 5. The van der Waals surface area contributed by atoms with Crippen molar-refractivity contribution in [2.45, 2.75) is 32.4 Å². The van der Waals surface area contributed by atoms with Crippen LogP contribution in [0.1, 0.15) is 71.7 Å². The van der Waals surface area contributed by atoms with Crippen molar-refractivity contribution in [1.29, 1.82) is 5.26 Å². The van der Waals surface area contributed by atoms with Crippen LogP contribution in [0.3, 0.4) is 0 Å². The fraction of sp³-hybridized carbons (Fsp3) is 0.214. The molecule has 200 valence electrons. The number of carbonyl (C=O) groups excluding carboxylic acids is 3. The van der Waals surface area contributed by atoms with Gasteiger partial charge < -0.3 is 15.4 Å². The Bertz CT molecular complexity index is 1700. The third-order valence-corrected chi connectivity index (χ3v) is 6.66. The topological polar surface area (TPSA) is 164 Å². The molecule has 5 rings (SSSR count). The summed E-state index contributed by atoms with van der Waals surface area (Å²) in [5.74, 6) is -1.30. The van der Waals surface area contributed by atoms with Gasteiger partial charge >= 0.3 is 5.97 Å². The fourth-order valence-corrected chi connectivity index (χ4v) is 4.70. The largest absolute Gasteiger partial charge is 0.458 e. The lowest BCUT2D eigenvalue weighted by Gasteiger charge is -2.16. The average molecular weight is 537 g/mol. The van der Waals surface area contributed by atoms with Gasteiger partial charge in [-0.2, -0.15) is 19.9 Å². The van der Waals surface area contributed by atoms with Crippen molar-refractivity contribution in [1.82, 2.24) is 35.2 Å². The predicted octanol–water partition coefficient (Wildman–Crippen LogP) is 2.39. The zero-order chi connectivity index (χ0) is 28.2. The average Bonchev–Trinajstić information content (AvgIpc) is 3.62. The van der Waals surface area contributed by atoms with E-state index in [1.54, 1.807) is 18.2 Å². The number of fused-ring (bicyclic) bond motifs is 2. The number of hydrogen-bond donors (Lipinski definition) is 2. The van der Waals surface area contributed by atoms with Crippen molar-refractivity contribution in [3.05, 3.63) is 100 Å². The number of benzene rings is 1. The minimum Gasteiger partial charge on any atom is -0.458 e. The summed E-state index contributed by atoms with van der Waals surface area (Å²) in [6, 6.07) is 9.81. The van der Waals surface area contributed by atoms with E-state index in [4.69, 9.17) is 10.00 Å². The van der Waals surface area contributed by atoms with E-state index in [-0.39, 0.29) is 42.1 Å². The second-order valence-corrected chi connectivity index (χ2v) is 9.10. The molecule has 0 fully saturated rings. The van der Waals surface area contributed by atoms with Crippen LogP contribution in [-0.2, 0) is 17.7 Å². The van der Waals surface area contributed by atoms with E-state index in [1.165, 1.54) is 29.2 Å². The molecule has 4 aromatic rings. The Labute approximate surface area is 228 Å². The first-order valence-electron chi connectivity index (χ1n) is 12.4. The smallest absolute Gasteiger partial charge is 0.338 e. The lowest BCUT2D eigenvalue weighted by molar-refractivity contribution is 0.0548. The molecule has 1 aliphatic carbocycles. The third kappa shape index (κ3) is 5.12. The molecular weight excluding hydrogens is 512 g/mol. The van der Waals surface area contributed by atoms with Gasteiger partial charge in [-0.05, 0) is 60.2 Å². The van der Waals surface area contributed by atoms with Crippen LogP contribution in [0.15, 0.2) is 55.5 Å². The van der Waals surface area contributed by atoms with Gasteiger partial charge in [-0.1, -0.05) is 18.7 Å². The molecule has 12 heteroatoms. The Morgan fingerprint density at radius 3 is 2.88 bits per heavy atom. The number of carbonyl (C=O) groups is 3. The molecule has 2 N–H and O–H groups in total. The van der Waals surface area contributed by atoms with Gasteiger partial charge in [0.2, 0.25) is 0 Å². The Hall–Kier alpha value is -5.44. The number of nitrogens with zero attached hydrogens (tertiary/aromatic N) is 6. The molecular formula is C28H24N8O4. The van der Waals surface area contributed by atoms with Crippen molar-refractivity contribution in [3.63, 3.8) is 0 Å². The van der Waals surface area contributed by atoms with E-state index in [1.807, 2.05) is 19.1 Å². The van der Waals surface area contributed by atoms with Gasteiger partial charge in [0, 0.05) is 18.8 Å². The van der Waals surface area contributed by atoms with Crippen molar-refractivity contribution in [2.75, 3.05) is 6.61 Å². The highest BCUT2D eigenvalue weighted by Crippen LogP contribution is 2.35. The number of ether oxygens (including phenoxy) is 1. The van der Waals surface area contributed by atoms with Crippen LogP contribution in [0.5, 0.6) is 0 Å². The van der Waals surface area contributed by atoms with Crippen molar-refractivity contribution in [2.24, 2.45) is 0 Å². The second kappa shape index (κ2) is 11.1. The molecule has 1 aromatic carbocycles. The monoisotopic (exact) mass is 536 g/mol. The lowest BCUT2D eigenvalue weighted by Crippen LogP contribution is -2.30. The summed E-state index contributed by atoms with van der Waals surface area (Å²) in [6.07, 6.45) is 5.57. The van der Waals surface area contributed by atoms with Gasteiger partial charge in [-0.15, -0.1) is 0 Å². The molecule has 0 radical (unpaired) electrons. The minimum absolute atomic E-state index is 0.00874. The predicted molar refractivity (Wildman–Crippen MR) is 141 cm³/mol. The maximum Gasteiger partial charge on any atom is 0.338 e. The molecule has 1 atom stereocenters. The SMILES string of the molecule is C=CCOC(=O)c1ccc2c(c1C)CC[C@@H]2NC(=O)c1cc(C(=O)NCc2ccnc(C#N)c2)nc2ncnn12. The zero-order valence-electron chi connectivity index (χ0n) is 21.5. The number of rotatable bonds is 8. The van der Waals surface area contributed by atoms with Crippen LogP contribution in [0.4, 0.5) is 0 Å². The minimum atomic E-state index is -0.521. The molecule has 1 aliphatic rings. The third-order valence-electron chi connectivity index (χ3n) is 6.66. The molecule has 40 heavy (non-hydrogen) atoms. The zero-order valence-corrected chi connectivity index (χ0v) is 21.5. The molecule has 0 spiro atoms. The van der Waals surface area contributed by atoms with Gasteiger partial charge in [0.15, 0.2) is 0 Å². The Balaban J connectivity index is 1.35. The first-order chi connectivity index (χ1) is 19.4. The standard InChI is InChI=1S/C28H24N8O4/c1-3-10-40-27(39)20-4-5-21-19(16(20)2)6-7-22(21)34-26(38)24-12-23(35-28-32-15-33-36(24)28)25(37)31-14-17-8-9-30-18(11-17)13-29/h3-5,8-9,11-12,15,22H,1,6-7,10,14H2,2H3,(H,31,37)(H,34,38)/t22-/m0/s1.